The van der Waals surface area contributed by atoms with Crippen molar-refractivity contribution >= 4 is 55.9 Å². The lowest BCUT2D eigenvalue weighted by atomic mass is 10.0. The van der Waals surface area contributed by atoms with Crippen molar-refractivity contribution in [3.8, 4) is 11.5 Å². The molecule has 4 rings (SSSR count). The Morgan fingerprint density at radius 1 is 1.36 bits per heavy atom. The molecule has 0 aliphatic carbocycles. The SMILES string of the molecule is CCOC(=O)c1sc(N2CC[C@@H](NC(=O)c3[nH]c(C)c(Cl)c3Br)[C@@H](OCC)C2)nc1-c1ncnn1C. The van der Waals surface area contributed by atoms with E-state index in [-0.39, 0.29) is 24.7 Å². The van der Waals surface area contributed by atoms with Gasteiger partial charge in [0.2, 0.25) is 0 Å². The highest BCUT2D eigenvalue weighted by atomic mass is 79.9. The van der Waals surface area contributed by atoms with Crippen LogP contribution >= 0.6 is 38.9 Å². The second-order valence-corrected chi connectivity index (χ2v) is 10.3. The molecule has 0 saturated carbocycles. The second kappa shape index (κ2) is 11.3. The van der Waals surface area contributed by atoms with E-state index in [0.29, 0.717) is 68.5 Å². The molecule has 1 aliphatic rings. The number of carbonyl (C=O) groups excluding carboxylic acids is 2. The highest BCUT2D eigenvalue weighted by Crippen LogP contribution is 2.35. The first-order chi connectivity index (χ1) is 17.2. The number of aromatic nitrogens is 5. The molecule has 2 N–H and O–H groups in total. The van der Waals surface area contributed by atoms with Crippen LogP contribution in [0.4, 0.5) is 5.13 Å². The summed E-state index contributed by atoms with van der Waals surface area (Å²) in [7, 11) is 1.74. The maximum absolute atomic E-state index is 13.0. The summed E-state index contributed by atoms with van der Waals surface area (Å²) in [6.07, 6.45) is 1.75. The summed E-state index contributed by atoms with van der Waals surface area (Å²) in [6.45, 7) is 7.30. The molecular formula is C22H27BrClN7O4S. The third-order valence-corrected chi connectivity index (χ3v) is 8.40. The fourth-order valence-electron chi connectivity index (χ4n) is 4.05. The number of anilines is 1. The van der Waals surface area contributed by atoms with Crippen molar-refractivity contribution in [3.63, 3.8) is 0 Å². The number of rotatable bonds is 8. The van der Waals surface area contributed by atoms with E-state index in [1.165, 1.54) is 17.7 Å². The lowest BCUT2D eigenvalue weighted by molar-refractivity contribution is 0.0272. The van der Waals surface area contributed by atoms with E-state index in [1.807, 2.05) is 6.92 Å². The van der Waals surface area contributed by atoms with E-state index in [1.54, 1.807) is 25.6 Å². The van der Waals surface area contributed by atoms with Crippen LogP contribution in [-0.4, -0.2) is 75.1 Å². The summed E-state index contributed by atoms with van der Waals surface area (Å²) in [6, 6.07) is -0.217. The van der Waals surface area contributed by atoms with Crippen molar-refractivity contribution in [2.45, 2.75) is 39.3 Å². The van der Waals surface area contributed by atoms with Crippen LogP contribution < -0.4 is 10.2 Å². The van der Waals surface area contributed by atoms with Crippen LogP contribution in [0.15, 0.2) is 10.8 Å². The molecule has 0 spiro atoms. The summed E-state index contributed by atoms with van der Waals surface area (Å²) in [5, 5.41) is 8.32. The summed E-state index contributed by atoms with van der Waals surface area (Å²) >= 11 is 10.9. The number of nitrogens with one attached hydrogen (secondary N) is 2. The van der Waals surface area contributed by atoms with Gasteiger partial charge >= 0.3 is 5.97 Å². The number of piperidine rings is 1. The van der Waals surface area contributed by atoms with Crippen molar-refractivity contribution < 1.29 is 19.1 Å². The van der Waals surface area contributed by atoms with E-state index < -0.39 is 5.97 Å². The lowest BCUT2D eigenvalue weighted by Gasteiger charge is -2.38. The molecule has 194 valence electrons. The number of ether oxygens (including phenoxy) is 2. The first kappa shape index (κ1) is 26.6. The van der Waals surface area contributed by atoms with Gasteiger partial charge in [0, 0.05) is 32.4 Å². The largest absolute Gasteiger partial charge is 0.462 e. The Balaban J connectivity index is 1.56. The Morgan fingerprint density at radius 3 is 2.75 bits per heavy atom. The molecule has 1 aliphatic heterocycles. The number of nitrogens with zero attached hydrogens (tertiary/aromatic N) is 5. The Bertz CT molecular complexity index is 1260. The molecule has 4 heterocycles. The van der Waals surface area contributed by atoms with Crippen molar-refractivity contribution in [2.75, 3.05) is 31.2 Å². The minimum Gasteiger partial charge on any atom is -0.462 e. The van der Waals surface area contributed by atoms with E-state index in [9.17, 15) is 9.59 Å². The van der Waals surface area contributed by atoms with Gasteiger partial charge in [-0.25, -0.2) is 19.4 Å². The fraction of sp³-hybridized carbons (Fsp3) is 0.500. The van der Waals surface area contributed by atoms with Crippen LogP contribution in [0.1, 0.15) is 46.1 Å². The molecule has 0 aromatic carbocycles. The average Bonchev–Trinajstić information content (AvgIpc) is 3.54. The number of amides is 1. The Labute approximate surface area is 225 Å². The molecule has 0 unspecified atom stereocenters. The number of hydrogen-bond acceptors (Lipinski definition) is 9. The van der Waals surface area contributed by atoms with Gasteiger partial charge in [-0.15, -0.1) is 0 Å². The van der Waals surface area contributed by atoms with Crippen LogP contribution in [0.2, 0.25) is 5.02 Å². The predicted molar refractivity (Wildman–Crippen MR) is 140 cm³/mol. The maximum atomic E-state index is 13.0. The van der Waals surface area contributed by atoms with Gasteiger partial charge in [0.15, 0.2) is 11.0 Å². The van der Waals surface area contributed by atoms with Gasteiger partial charge < -0.3 is 24.7 Å². The zero-order valence-corrected chi connectivity index (χ0v) is 23.5. The predicted octanol–water partition coefficient (Wildman–Crippen LogP) is 3.58. The molecule has 11 nitrogen and oxygen atoms in total. The average molecular weight is 601 g/mol. The molecule has 3 aromatic rings. The van der Waals surface area contributed by atoms with Crippen LogP contribution in [0.3, 0.4) is 0 Å². The van der Waals surface area contributed by atoms with Crippen molar-refractivity contribution in [2.24, 2.45) is 7.05 Å². The van der Waals surface area contributed by atoms with Gasteiger partial charge in [0.05, 0.1) is 28.2 Å². The zero-order chi connectivity index (χ0) is 26.0. The van der Waals surface area contributed by atoms with Crippen LogP contribution in [0.5, 0.6) is 0 Å². The standard InChI is InChI=1S/C22H27BrClN7O4S/c1-5-34-13-9-31(8-7-12(13)28-20(32)16-14(23)15(24)11(3)27-16)22-29-17(19-25-10-26-30(19)4)18(36-22)21(33)35-6-2/h10,12-13,27H,5-9H2,1-4H3,(H,28,32)/t12-,13+/m1/s1. The normalized spacial score (nSPS) is 17.9. The summed E-state index contributed by atoms with van der Waals surface area (Å²) < 4.78 is 13.4. The molecule has 14 heteroatoms. The second-order valence-electron chi connectivity index (χ2n) is 8.16. The smallest absolute Gasteiger partial charge is 0.350 e. The molecule has 1 fully saturated rings. The number of aryl methyl sites for hydroxylation is 2. The Morgan fingerprint density at radius 2 is 2.14 bits per heavy atom. The quantitative estimate of drug-likeness (QED) is 0.376. The highest BCUT2D eigenvalue weighted by molar-refractivity contribution is 9.10. The van der Waals surface area contributed by atoms with E-state index in [2.05, 4.69) is 41.2 Å². The highest BCUT2D eigenvalue weighted by Gasteiger charge is 2.35. The van der Waals surface area contributed by atoms with Crippen molar-refractivity contribution in [3.05, 3.63) is 32.1 Å². The number of halogens is 2. The maximum Gasteiger partial charge on any atom is 0.350 e. The van der Waals surface area contributed by atoms with Crippen LogP contribution in [-0.2, 0) is 16.5 Å². The molecule has 1 saturated heterocycles. The first-order valence-electron chi connectivity index (χ1n) is 11.5. The topological polar surface area (TPSA) is 127 Å². The number of thiazole rings is 1. The third-order valence-electron chi connectivity index (χ3n) is 5.81. The van der Waals surface area contributed by atoms with E-state index in [0.717, 1.165) is 0 Å². The monoisotopic (exact) mass is 599 g/mol. The van der Waals surface area contributed by atoms with Crippen molar-refractivity contribution in [1.82, 2.24) is 30.0 Å². The van der Waals surface area contributed by atoms with Crippen LogP contribution in [0.25, 0.3) is 11.5 Å². The number of esters is 1. The summed E-state index contributed by atoms with van der Waals surface area (Å²) in [5.74, 6) is -0.230. The lowest BCUT2D eigenvalue weighted by Crippen LogP contribution is -2.55. The number of H-pyrrole nitrogens is 1. The summed E-state index contributed by atoms with van der Waals surface area (Å²) in [4.78, 5) is 40.1. The molecule has 36 heavy (non-hydrogen) atoms. The van der Waals surface area contributed by atoms with Crippen LogP contribution in [0, 0.1) is 6.92 Å². The van der Waals surface area contributed by atoms with Gasteiger partial charge in [-0.05, 0) is 43.1 Å². The molecule has 1 amide bonds. The first-order valence-corrected chi connectivity index (χ1v) is 13.5. The molecular weight excluding hydrogens is 574 g/mol. The minimum atomic E-state index is -0.451. The zero-order valence-electron chi connectivity index (χ0n) is 20.3. The van der Waals surface area contributed by atoms with E-state index >= 15 is 0 Å². The van der Waals surface area contributed by atoms with E-state index in [4.69, 9.17) is 26.1 Å². The third kappa shape index (κ3) is 5.29. The Kier molecular flexibility index (Phi) is 8.33. The molecule has 2 atom stereocenters. The van der Waals surface area contributed by atoms with Crippen molar-refractivity contribution in [1.29, 1.82) is 0 Å². The summed E-state index contributed by atoms with van der Waals surface area (Å²) in [5.41, 5.74) is 1.52. The molecule has 3 aromatic heterocycles. The molecule has 0 radical (unpaired) electrons. The van der Waals surface area contributed by atoms with Gasteiger partial charge in [0.1, 0.15) is 22.6 Å². The minimum absolute atomic E-state index is 0.217. The number of hydrogen-bond donors (Lipinski definition) is 2. The fourth-order valence-corrected chi connectivity index (χ4v) is 5.76. The van der Waals surface area contributed by atoms with Gasteiger partial charge in [-0.2, -0.15) is 5.10 Å². The van der Waals surface area contributed by atoms with Gasteiger partial charge in [0.25, 0.3) is 5.91 Å². The number of carbonyl (C=O) groups is 2. The molecule has 0 bridgehead atoms. The van der Waals surface area contributed by atoms with Gasteiger partial charge in [-0.3, -0.25) is 4.79 Å². The number of aromatic amines is 1. The van der Waals surface area contributed by atoms with Gasteiger partial charge in [-0.1, -0.05) is 22.9 Å². The Hall–Kier alpha value is -2.48.